The molecule has 0 N–H and O–H groups in total. The molecule has 3 aromatic rings. The molecule has 142 valence electrons. The van der Waals surface area contributed by atoms with Crippen LogP contribution in [0.1, 0.15) is 34.5 Å². The van der Waals surface area contributed by atoms with E-state index in [0.29, 0.717) is 23.6 Å². The second kappa shape index (κ2) is 7.76. The van der Waals surface area contributed by atoms with Crippen molar-refractivity contribution < 1.29 is 9.53 Å². The van der Waals surface area contributed by atoms with Crippen LogP contribution < -0.4 is 4.74 Å². The van der Waals surface area contributed by atoms with Gasteiger partial charge in [-0.25, -0.2) is 9.97 Å². The molecule has 0 radical (unpaired) electrons. The highest BCUT2D eigenvalue weighted by Crippen LogP contribution is 2.32. The highest BCUT2D eigenvalue weighted by molar-refractivity contribution is 5.95. The minimum absolute atomic E-state index is 0.0383. The lowest BCUT2D eigenvalue weighted by molar-refractivity contribution is 0.0727. The quantitative estimate of drug-likeness (QED) is 0.659. The highest BCUT2D eigenvalue weighted by atomic mass is 16.5. The molecule has 1 fully saturated rings. The molecule has 1 aromatic carbocycles. The number of hydrogen-bond acceptors (Lipinski definition) is 5. The van der Waals surface area contributed by atoms with E-state index in [1.54, 1.807) is 25.7 Å². The number of aryl methyl sites for hydroxylation is 1. The summed E-state index contributed by atoms with van der Waals surface area (Å²) in [5.41, 5.74) is 3.03. The molecule has 2 heterocycles. The van der Waals surface area contributed by atoms with E-state index in [4.69, 9.17) is 4.74 Å². The molecule has 6 nitrogen and oxygen atoms in total. The van der Waals surface area contributed by atoms with Crippen LogP contribution in [-0.4, -0.2) is 38.9 Å². The van der Waals surface area contributed by atoms with E-state index in [2.05, 4.69) is 15.0 Å². The second-order valence-corrected chi connectivity index (χ2v) is 6.91. The molecule has 4 rings (SSSR count). The standard InChI is InChI=1S/C22H22N4O2/c1-15-19(13-24-21(25-15)16-7-5-11-23-12-16)22(27)26(18-9-10-18)14-17-6-3-4-8-20(17)28-2/h3-8,11-13,18H,9-10,14H2,1-2H3. The fourth-order valence-electron chi connectivity index (χ4n) is 3.24. The summed E-state index contributed by atoms with van der Waals surface area (Å²) in [5, 5.41) is 0. The Morgan fingerprint density at radius 1 is 1.18 bits per heavy atom. The van der Waals surface area contributed by atoms with Gasteiger partial charge in [-0.05, 0) is 38.0 Å². The van der Waals surface area contributed by atoms with Crippen LogP contribution in [0.4, 0.5) is 0 Å². The summed E-state index contributed by atoms with van der Waals surface area (Å²) in [4.78, 5) is 28.3. The molecule has 1 aliphatic rings. The van der Waals surface area contributed by atoms with Gasteiger partial charge in [-0.1, -0.05) is 18.2 Å². The first-order valence-corrected chi connectivity index (χ1v) is 9.34. The Morgan fingerprint density at radius 3 is 2.68 bits per heavy atom. The average molecular weight is 374 g/mol. The van der Waals surface area contributed by atoms with E-state index >= 15 is 0 Å². The molecule has 1 aliphatic carbocycles. The number of ether oxygens (including phenoxy) is 1. The van der Waals surface area contributed by atoms with Gasteiger partial charge in [0.1, 0.15) is 5.75 Å². The fraction of sp³-hybridized carbons (Fsp3) is 0.273. The number of nitrogens with zero attached hydrogens (tertiary/aromatic N) is 4. The summed E-state index contributed by atoms with van der Waals surface area (Å²) < 4.78 is 5.45. The van der Waals surface area contributed by atoms with Crippen LogP contribution in [0.5, 0.6) is 5.75 Å². The molecule has 1 amide bonds. The number of aromatic nitrogens is 3. The summed E-state index contributed by atoms with van der Waals surface area (Å²) in [6, 6.07) is 11.8. The lowest BCUT2D eigenvalue weighted by Crippen LogP contribution is -2.33. The zero-order chi connectivity index (χ0) is 19.5. The minimum Gasteiger partial charge on any atom is -0.496 e. The molecule has 6 heteroatoms. The van der Waals surface area contributed by atoms with E-state index in [1.165, 1.54) is 0 Å². The van der Waals surface area contributed by atoms with Gasteiger partial charge in [0.2, 0.25) is 0 Å². The smallest absolute Gasteiger partial charge is 0.257 e. The molecule has 0 saturated heterocycles. The van der Waals surface area contributed by atoms with Gasteiger partial charge in [0.25, 0.3) is 5.91 Å². The molecule has 0 aliphatic heterocycles. The number of amides is 1. The first kappa shape index (κ1) is 18.1. The Morgan fingerprint density at radius 2 is 2.00 bits per heavy atom. The van der Waals surface area contributed by atoms with Gasteiger partial charge >= 0.3 is 0 Å². The number of para-hydroxylation sites is 1. The van der Waals surface area contributed by atoms with Crippen molar-refractivity contribution >= 4 is 5.91 Å². The zero-order valence-corrected chi connectivity index (χ0v) is 16.0. The van der Waals surface area contributed by atoms with Crippen molar-refractivity contribution in [2.45, 2.75) is 32.4 Å². The molecule has 0 spiro atoms. The molecule has 0 unspecified atom stereocenters. The average Bonchev–Trinajstić information content (AvgIpc) is 3.57. The molecular weight excluding hydrogens is 352 g/mol. The number of carbonyl (C=O) groups excluding carboxylic acids is 1. The largest absolute Gasteiger partial charge is 0.496 e. The third kappa shape index (κ3) is 3.71. The maximum Gasteiger partial charge on any atom is 0.257 e. The Labute approximate surface area is 164 Å². The van der Waals surface area contributed by atoms with Crippen LogP contribution in [0.25, 0.3) is 11.4 Å². The summed E-state index contributed by atoms with van der Waals surface area (Å²) >= 11 is 0. The normalized spacial score (nSPS) is 13.2. The van der Waals surface area contributed by atoms with E-state index in [9.17, 15) is 4.79 Å². The number of pyridine rings is 1. The lowest BCUT2D eigenvalue weighted by Gasteiger charge is -2.24. The Hall–Kier alpha value is -3.28. The fourth-order valence-corrected chi connectivity index (χ4v) is 3.24. The molecule has 2 aromatic heterocycles. The van der Waals surface area contributed by atoms with Crippen LogP contribution in [0.3, 0.4) is 0 Å². The predicted octanol–water partition coefficient (Wildman–Crippen LogP) is 3.66. The Kier molecular flexibility index (Phi) is 5.02. The van der Waals surface area contributed by atoms with Gasteiger partial charge in [0.15, 0.2) is 5.82 Å². The third-order valence-corrected chi connectivity index (χ3v) is 4.91. The van der Waals surface area contributed by atoms with Gasteiger partial charge in [0.05, 0.1) is 18.4 Å². The van der Waals surface area contributed by atoms with Crippen LogP contribution in [-0.2, 0) is 6.54 Å². The third-order valence-electron chi connectivity index (χ3n) is 4.91. The zero-order valence-electron chi connectivity index (χ0n) is 16.0. The van der Waals surface area contributed by atoms with E-state index < -0.39 is 0 Å². The summed E-state index contributed by atoms with van der Waals surface area (Å²) in [5.74, 6) is 1.33. The monoisotopic (exact) mass is 374 g/mol. The number of carbonyl (C=O) groups is 1. The maximum absolute atomic E-state index is 13.3. The summed E-state index contributed by atoms with van der Waals surface area (Å²) in [7, 11) is 1.65. The number of hydrogen-bond donors (Lipinski definition) is 0. The Bertz CT molecular complexity index is 987. The van der Waals surface area contributed by atoms with E-state index in [-0.39, 0.29) is 11.9 Å². The van der Waals surface area contributed by atoms with E-state index in [0.717, 1.165) is 29.7 Å². The topological polar surface area (TPSA) is 68.2 Å². The van der Waals surface area contributed by atoms with Crippen molar-refractivity contribution in [1.29, 1.82) is 0 Å². The van der Waals surface area contributed by atoms with Gasteiger partial charge in [-0.3, -0.25) is 9.78 Å². The van der Waals surface area contributed by atoms with Gasteiger partial charge < -0.3 is 9.64 Å². The molecule has 1 saturated carbocycles. The first-order chi connectivity index (χ1) is 13.7. The van der Waals surface area contributed by atoms with Crippen molar-refractivity contribution in [2.24, 2.45) is 0 Å². The van der Waals surface area contributed by atoms with Crippen molar-refractivity contribution in [2.75, 3.05) is 7.11 Å². The maximum atomic E-state index is 13.3. The van der Waals surface area contributed by atoms with E-state index in [1.807, 2.05) is 48.2 Å². The van der Waals surface area contributed by atoms with Crippen LogP contribution in [0.2, 0.25) is 0 Å². The predicted molar refractivity (Wildman–Crippen MR) is 106 cm³/mol. The van der Waals surface area contributed by atoms with Gasteiger partial charge in [0, 0.05) is 42.3 Å². The van der Waals surface area contributed by atoms with Crippen molar-refractivity contribution in [1.82, 2.24) is 19.9 Å². The number of rotatable bonds is 6. The van der Waals surface area contributed by atoms with Crippen LogP contribution in [0, 0.1) is 6.92 Å². The Balaban J connectivity index is 1.61. The summed E-state index contributed by atoms with van der Waals surface area (Å²) in [6.07, 6.45) is 7.10. The molecular formula is C22H22N4O2. The lowest BCUT2D eigenvalue weighted by atomic mass is 10.1. The number of methoxy groups -OCH3 is 1. The van der Waals surface area contributed by atoms with Gasteiger partial charge in [-0.2, -0.15) is 0 Å². The highest BCUT2D eigenvalue weighted by Gasteiger charge is 2.34. The van der Waals surface area contributed by atoms with Crippen molar-refractivity contribution in [3.05, 3.63) is 71.8 Å². The number of benzene rings is 1. The first-order valence-electron chi connectivity index (χ1n) is 9.34. The molecule has 0 bridgehead atoms. The molecule has 0 atom stereocenters. The summed E-state index contributed by atoms with van der Waals surface area (Å²) in [6.45, 7) is 2.36. The van der Waals surface area contributed by atoms with Crippen LogP contribution >= 0.6 is 0 Å². The second-order valence-electron chi connectivity index (χ2n) is 6.91. The minimum atomic E-state index is -0.0383. The van der Waals surface area contributed by atoms with Gasteiger partial charge in [-0.15, -0.1) is 0 Å². The SMILES string of the molecule is COc1ccccc1CN(C(=O)c1cnc(-c2cccnc2)nc1C)C1CC1. The van der Waals surface area contributed by atoms with Crippen LogP contribution in [0.15, 0.2) is 55.0 Å². The van der Waals surface area contributed by atoms with Crippen molar-refractivity contribution in [3.8, 4) is 17.1 Å². The molecule has 28 heavy (non-hydrogen) atoms. The van der Waals surface area contributed by atoms with Crippen molar-refractivity contribution in [3.63, 3.8) is 0 Å².